The summed E-state index contributed by atoms with van der Waals surface area (Å²) in [4.78, 5) is 4.47. The number of sulfonamides is 1. The highest BCUT2D eigenvalue weighted by molar-refractivity contribution is 7.89. The summed E-state index contributed by atoms with van der Waals surface area (Å²) < 4.78 is 105. The Balaban J connectivity index is 1.82. The van der Waals surface area contributed by atoms with E-state index in [1.54, 1.807) is 4.90 Å². The molecule has 0 radical (unpaired) electrons. The molecule has 1 saturated heterocycles. The molecule has 0 amide bonds. The van der Waals surface area contributed by atoms with E-state index in [9.17, 15) is 34.8 Å². The van der Waals surface area contributed by atoms with Gasteiger partial charge in [-0.1, -0.05) is 11.6 Å². The molecule has 0 bridgehead atoms. The average molecular weight is 488 g/mol. The first-order chi connectivity index (χ1) is 14.3. The number of nitrogens with zero attached hydrogens (tertiary/aromatic N) is 3. The molecule has 0 atom stereocenters. The summed E-state index contributed by atoms with van der Waals surface area (Å²) in [6, 6.07) is 4.49. The second-order valence-electron chi connectivity index (χ2n) is 6.79. The van der Waals surface area contributed by atoms with Crippen LogP contribution < -0.4 is 4.90 Å². The Morgan fingerprint density at radius 1 is 0.903 bits per heavy atom. The highest BCUT2D eigenvalue weighted by atomic mass is 35.5. The first kappa shape index (κ1) is 23.6. The van der Waals surface area contributed by atoms with Crippen molar-refractivity contribution in [2.75, 3.05) is 31.1 Å². The molecule has 31 heavy (non-hydrogen) atoms. The fourth-order valence-electron chi connectivity index (χ4n) is 3.19. The number of rotatable bonds is 3. The van der Waals surface area contributed by atoms with Gasteiger partial charge in [0.15, 0.2) is 0 Å². The Bertz CT molecular complexity index is 1040. The van der Waals surface area contributed by atoms with Crippen LogP contribution in [0.4, 0.5) is 32.2 Å². The fourth-order valence-corrected chi connectivity index (χ4v) is 5.03. The zero-order valence-corrected chi connectivity index (χ0v) is 17.3. The summed E-state index contributed by atoms with van der Waals surface area (Å²) in [5.74, 6) is 0.217. The van der Waals surface area contributed by atoms with Crippen LogP contribution in [-0.2, 0) is 22.4 Å². The van der Waals surface area contributed by atoms with Crippen LogP contribution in [0.15, 0.2) is 41.4 Å². The largest absolute Gasteiger partial charge is 0.417 e. The first-order valence-corrected chi connectivity index (χ1v) is 10.8. The van der Waals surface area contributed by atoms with Gasteiger partial charge in [0.2, 0.25) is 10.0 Å². The number of halogens is 7. The number of alkyl halides is 6. The number of aromatic nitrogens is 1. The molecule has 2 aromatic rings. The van der Waals surface area contributed by atoms with Crippen molar-refractivity contribution in [2.24, 2.45) is 0 Å². The lowest BCUT2D eigenvalue weighted by molar-refractivity contribution is -0.140. The van der Waals surface area contributed by atoms with E-state index in [0.29, 0.717) is 12.3 Å². The number of pyridine rings is 1. The molecule has 0 saturated carbocycles. The zero-order chi connectivity index (χ0) is 23.0. The summed E-state index contributed by atoms with van der Waals surface area (Å²) in [7, 11) is -4.49. The minimum Gasteiger partial charge on any atom is -0.355 e. The minimum absolute atomic E-state index is 0.0482. The first-order valence-electron chi connectivity index (χ1n) is 8.95. The molecule has 0 aliphatic carbocycles. The molecular weight excluding hydrogens is 472 g/mol. The molecule has 170 valence electrons. The summed E-state index contributed by atoms with van der Waals surface area (Å²) in [6.07, 6.45) is -8.53. The number of hydrogen-bond acceptors (Lipinski definition) is 4. The van der Waals surface area contributed by atoms with Gasteiger partial charge in [-0.3, -0.25) is 0 Å². The van der Waals surface area contributed by atoms with E-state index in [1.165, 1.54) is 6.07 Å². The van der Waals surface area contributed by atoms with Gasteiger partial charge in [0.1, 0.15) is 5.82 Å². The van der Waals surface area contributed by atoms with Crippen LogP contribution in [0, 0.1) is 0 Å². The zero-order valence-electron chi connectivity index (χ0n) is 15.7. The van der Waals surface area contributed by atoms with Crippen molar-refractivity contribution >= 4 is 27.4 Å². The topological polar surface area (TPSA) is 53.5 Å². The SMILES string of the molecule is O=S(=O)(c1ccc(Cl)cc1C(F)(F)F)N1CCCN(c2ccc(C(F)(F)F)cn2)CC1. The van der Waals surface area contributed by atoms with E-state index in [2.05, 4.69) is 4.98 Å². The molecule has 3 rings (SSSR count). The quantitative estimate of drug-likeness (QED) is 0.590. The molecule has 13 heteroatoms. The Kier molecular flexibility index (Phi) is 6.45. The number of hydrogen-bond donors (Lipinski definition) is 0. The van der Waals surface area contributed by atoms with E-state index >= 15 is 0 Å². The van der Waals surface area contributed by atoms with Crippen molar-refractivity contribution in [3.63, 3.8) is 0 Å². The Morgan fingerprint density at radius 2 is 1.61 bits per heavy atom. The highest BCUT2D eigenvalue weighted by Crippen LogP contribution is 2.37. The summed E-state index contributed by atoms with van der Waals surface area (Å²) in [5, 5.41) is -0.248. The maximum atomic E-state index is 13.4. The number of benzene rings is 1. The van der Waals surface area contributed by atoms with E-state index in [4.69, 9.17) is 11.6 Å². The molecule has 0 unspecified atom stereocenters. The predicted molar refractivity (Wildman–Crippen MR) is 101 cm³/mol. The van der Waals surface area contributed by atoms with Crippen LogP contribution in [-0.4, -0.2) is 43.9 Å². The molecule has 1 aliphatic rings. The van der Waals surface area contributed by atoms with Gasteiger partial charge in [0, 0.05) is 37.4 Å². The lowest BCUT2D eigenvalue weighted by Crippen LogP contribution is -2.36. The van der Waals surface area contributed by atoms with Gasteiger partial charge < -0.3 is 4.90 Å². The normalized spacial score (nSPS) is 16.9. The molecule has 1 fully saturated rings. The van der Waals surface area contributed by atoms with Gasteiger partial charge in [0.25, 0.3) is 0 Å². The smallest absolute Gasteiger partial charge is 0.355 e. The summed E-state index contributed by atoms with van der Waals surface area (Å²) >= 11 is 5.62. The van der Waals surface area contributed by atoms with Crippen molar-refractivity contribution in [1.29, 1.82) is 0 Å². The Hall–Kier alpha value is -2.05. The van der Waals surface area contributed by atoms with Crippen LogP contribution in [0.5, 0.6) is 0 Å². The molecule has 1 aliphatic heterocycles. The fraction of sp³-hybridized carbons (Fsp3) is 0.389. The number of anilines is 1. The van der Waals surface area contributed by atoms with Crippen LogP contribution in [0.3, 0.4) is 0 Å². The van der Waals surface area contributed by atoms with Crippen molar-refractivity contribution in [2.45, 2.75) is 23.7 Å². The van der Waals surface area contributed by atoms with Gasteiger partial charge in [-0.25, -0.2) is 13.4 Å². The van der Waals surface area contributed by atoms with Crippen LogP contribution in [0.2, 0.25) is 5.02 Å². The third-order valence-corrected chi connectivity index (χ3v) is 6.91. The third-order valence-electron chi connectivity index (χ3n) is 4.72. The molecule has 2 heterocycles. The van der Waals surface area contributed by atoms with Crippen molar-refractivity contribution in [3.8, 4) is 0 Å². The molecule has 0 N–H and O–H groups in total. The van der Waals surface area contributed by atoms with E-state index < -0.39 is 38.4 Å². The van der Waals surface area contributed by atoms with Crippen molar-refractivity contribution < 1.29 is 34.8 Å². The van der Waals surface area contributed by atoms with Gasteiger partial charge >= 0.3 is 12.4 Å². The maximum absolute atomic E-state index is 13.4. The highest BCUT2D eigenvalue weighted by Gasteiger charge is 2.39. The monoisotopic (exact) mass is 487 g/mol. The Morgan fingerprint density at radius 3 is 2.19 bits per heavy atom. The van der Waals surface area contributed by atoms with Crippen molar-refractivity contribution in [3.05, 3.63) is 52.7 Å². The molecule has 1 aromatic heterocycles. The summed E-state index contributed by atoms with van der Waals surface area (Å²) in [6.45, 7) is 0.105. The lowest BCUT2D eigenvalue weighted by Gasteiger charge is -2.24. The predicted octanol–water partition coefficient (Wildman–Crippen LogP) is 4.67. The van der Waals surface area contributed by atoms with E-state index in [0.717, 1.165) is 22.5 Å². The second-order valence-corrected chi connectivity index (χ2v) is 9.13. The van der Waals surface area contributed by atoms with Gasteiger partial charge in [0.05, 0.1) is 16.0 Å². The summed E-state index contributed by atoms with van der Waals surface area (Å²) in [5.41, 5.74) is -2.27. The van der Waals surface area contributed by atoms with E-state index in [1.807, 2.05) is 0 Å². The van der Waals surface area contributed by atoms with Gasteiger partial charge in [-0.15, -0.1) is 0 Å². The molecule has 0 spiro atoms. The minimum atomic E-state index is -4.92. The van der Waals surface area contributed by atoms with E-state index in [-0.39, 0.29) is 43.4 Å². The molecule has 5 nitrogen and oxygen atoms in total. The van der Waals surface area contributed by atoms with Gasteiger partial charge in [-0.2, -0.15) is 30.6 Å². The second kappa shape index (κ2) is 8.47. The Labute approximate surface area is 179 Å². The maximum Gasteiger partial charge on any atom is 0.417 e. The van der Waals surface area contributed by atoms with Gasteiger partial charge in [-0.05, 0) is 36.8 Å². The van der Waals surface area contributed by atoms with Crippen LogP contribution in [0.25, 0.3) is 0 Å². The average Bonchev–Trinajstić information content (AvgIpc) is 2.93. The standard InChI is InChI=1S/C18H16ClF6N3O2S/c19-13-3-4-15(14(10-13)18(23,24)25)31(29,30)28-7-1-6-27(8-9-28)16-5-2-12(11-26-16)17(20,21)22/h2-5,10-11H,1,6-9H2. The third kappa shape index (κ3) is 5.24. The molecule has 1 aromatic carbocycles. The lowest BCUT2D eigenvalue weighted by atomic mass is 10.2. The molecular formula is C18H16ClF6N3O2S. The van der Waals surface area contributed by atoms with Crippen molar-refractivity contribution in [1.82, 2.24) is 9.29 Å². The van der Waals surface area contributed by atoms with Crippen LogP contribution >= 0.6 is 11.6 Å². The van der Waals surface area contributed by atoms with Crippen LogP contribution in [0.1, 0.15) is 17.5 Å².